The highest BCUT2D eigenvalue weighted by molar-refractivity contribution is 6.99. The zero-order valence-electron chi connectivity index (χ0n) is 21.9. The molecular weight excluding hydrogens is 432 g/mol. The van der Waals surface area contributed by atoms with Crippen molar-refractivity contribution in [3.8, 4) is 0 Å². The largest absolute Gasteiger partial charge is 0.490 e. The molecule has 0 spiro atoms. The van der Waals surface area contributed by atoms with Crippen molar-refractivity contribution in [1.82, 2.24) is 0 Å². The van der Waals surface area contributed by atoms with E-state index in [1.54, 1.807) is 0 Å². The molecule has 34 heavy (non-hydrogen) atoms. The number of fused-ring (bicyclic) bond motifs is 1. The second-order valence-corrected chi connectivity index (χ2v) is 16.3. The fourth-order valence-electron chi connectivity index (χ4n) is 6.66. The Kier molecular flexibility index (Phi) is 6.74. The summed E-state index contributed by atoms with van der Waals surface area (Å²) in [7, 11) is -2.61. The minimum absolute atomic E-state index is 0.0226. The molecule has 0 N–H and O–H groups in total. The molecule has 2 aromatic rings. The van der Waals surface area contributed by atoms with Gasteiger partial charge in [0.05, 0.1) is 12.4 Å². The lowest BCUT2D eigenvalue weighted by molar-refractivity contribution is 0.113. The summed E-state index contributed by atoms with van der Waals surface area (Å²) >= 11 is 0. The monoisotopic (exact) mass is 474 g/mol. The fraction of sp³-hybridized carbons (Fsp3) is 0.484. The van der Waals surface area contributed by atoms with E-state index in [1.165, 1.54) is 16.8 Å². The molecule has 1 aliphatic heterocycles. The molecule has 2 aliphatic rings. The molecule has 2 nitrogen and oxygen atoms in total. The van der Waals surface area contributed by atoms with Crippen molar-refractivity contribution >= 4 is 18.7 Å². The highest BCUT2D eigenvalue weighted by Gasteiger charge is 2.58. The van der Waals surface area contributed by atoms with E-state index in [9.17, 15) is 0 Å². The number of allylic oxidation sites excluding steroid dienone is 1. The summed E-state index contributed by atoms with van der Waals surface area (Å²) in [4.78, 5) is 0. The quantitative estimate of drug-likeness (QED) is 0.327. The van der Waals surface area contributed by atoms with Crippen LogP contribution in [0.4, 0.5) is 0 Å². The van der Waals surface area contributed by atoms with Gasteiger partial charge >= 0.3 is 0 Å². The molecule has 1 saturated carbocycles. The molecule has 1 heterocycles. The lowest BCUT2D eigenvalue weighted by Gasteiger charge is -2.43. The molecule has 0 unspecified atom stereocenters. The minimum Gasteiger partial charge on any atom is -0.490 e. The summed E-state index contributed by atoms with van der Waals surface area (Å²) in [6, 6.07) is 21.6. The average Bonchev–Trinajstić information content (AvgIpc) is 3.28. The normalized spacial score (nSPS) is 27.0. The maximum absolute atomic E-state index is 7.18. The van der Waals surface area contributed by atoms with E-state index in [0.29, 0.717) is 24.4 Å². The van der Waals surface area contributed by atoms with Gasteiger partial charge in [-0.2, -0.15) is 0 Å². The average molecular weight is 475 g/mol. The van der Waals surface area contributed by atoms with Crippen LogP contribution in [0.15, 0.2) is 85.2 Å². The Balaban J connectivity index is 1.69. The van der Waals surface area contributed by atoms with Gasteiger partial charge in [0.1, 0.15) is 6.10 Å². The van der Waals surface area contributed by atoms with Gasteiger partial charge in [0, 0.05) is 11.3 Å². The van der Waals surface area contributed by atoms with Gasteiger partial charge in [-0.1, -0.05) is 115 Å². The van der Waals surface area contributed by atoms with Gasteiger partial charge < -0.3 is 9.16 Å². The van der Waals surface area contributed by atoms with E-state index in [0.717, 1.165) is 17.8 Å². The fourth-order valence-corrected chi connectivity index (χ4v) is 11.2. The second kappa shape index (κ2) is 9.16. The molecular formula is C31H42O2Si. The third-order valence-corrected chi connectivity index (χ3v) is 13.6. The molecule has 1 saturated heterocycles. The third-order valence-electron chi connectivity index (χ3n) is 8.58. The van der Waals surface area contributed by atoms with E-state index in [-0.39, 0.29) is 16.6 Å². The first-order chi connectivity index (χ1) is 16.0. The summed E-state index contributed by atoms with van der Waals surface area (Å²) in [5.74, 6) is 2.61. The number of rotatable bonds is 7. The Hall–Kier alpha value is -2.10. The summed E-state index contributed by atoms with van der Waals surface area (Å²) < 4.78 is 13.7. The molecule has 1 aliphatic carbocycles. The molecule has 0 amide bonds. The van der Waals surface area contributed by atoms with Crippen LogP contribution in [0.1, 0.15) is 54.4 Å². The summed E-state index contributed by atoms with van der Waals surface area (Å²) in [5, 5.41) is 2.53. The first-order valence-electron chi connectivity index (χ1n) is 12.8. The maximum atomic E-state index is 7.18. The summed E-state index contributed by atoms with van der Waals surface area (Å²) in [6.07, 6.45) is 2.37. The van der Waals surface area contributed by atoms with Crippen LogP contribution in [0, 0.1) is 23.2 Å². The van der Waals surface area contributed by atoms with Crippen LogP contribution in [0.5, 0.6) is 0 Å². The van der Waals surface area contributed by atoms with E-state index >= 15 is 0 Å². The molecule has 2 fully saturated rings. The van der Waals surface area contributed by atoms with E-state index in [1.807, 2.05) is 0 Å². The number of benzene rings is 2. The summed E-state index contributed by atoms with van der Waals surface area (Å²) in [5.41, 5.74) is 1.09. The maximum Gasteiger partial charge on any atom is 0.261 e. The third kappa shape index (κ3) is 4.01. The van der Waals surface area contributed by atoms with Crippen LogP contribution < -0.4 is 10.4 Å². The number of ether oxygens (including phenoxy) is 1. The van der Waals surface area contributed by atoms with Crippen molar-refractivity contribution in [2.45, 2.75) is 65.5 Å². The van der Waals surface area contributed by atoms with E-state index in [4.69, 9.17) is 9.16 Å². The standard InChI is InChI=1S/C31H42O2Si/c1-22(2)27-19-20-31(8)24(4)33-29(28(27)31)23(3)21-32-34(30(5,6)7,25-15-11-9-12-16-25)26-17-13-10-14-18-26/h9-18,22,27-29H,3-4,19-21H2,1-2,5-8H3/t27-,28-,29+,31-/m1/s1. The van der Waals surface area contributed by atoms with Gasteiger partial charge in [0.15, 0.2) is 0 Å². The molecule has 0 radical (unpaired) electrons. The predicted molar refractivity (Wildman–Crippen MR) is 146 cm³/mol. The van der Waals surface area contributed by atoms with E-state index < -0.39 is 8.32 Å². The van der Waals surface area contributed by atoms with Crippen LogP contribution in [-0.4, -0.2) is 21.0 Å². The first kappa shape index (κ1) is 25.0. The molecule has 182 valence electrons. The minimum atomic E-state index is -2.61. The lowest BCUT2D eigenvalue weighted by Crippen LogP contribution is -2.66. The van der Waals surface area contributed by atoms with Crippen molar-refractivity contribution in [3.05, 3.63) is 85.2 Å². The number of hydrogen-bond donors (Lipinski definition) is 0. The SMILES string of the molecule is C=C(CO[Si](c1ccccc1)(c1ccccc1)C(C)(C)C)[C@@H]1OC(=C)[C@@]2(C)CC[C@H](C(C)C)[C@H]12. The van der Waals surface area contributed by atoms with E-state index in [2.05, 4.69) is 115 Å². The Labute approximate surface area is 208 Å². The van der Waals surface area contributed by atoms with Crippen molar-refractivity contribution < 1.29 is 9.16 Å². The Morgan fingerprint density at radius 1 is 1.06 bits per heavy atom. The van der Waals surface area contributed by atoms with Gasteiger partial charge in [0.2, 0.25) is 0 Å². The lowest BCUT2D eigenvalue weighted by atomic mass is 9.71. The smallest absolute Gasteiger partial charge is 0.261 e. The Morgan fingerprint density at radius 2 is 1.59 bits per heavy atom. The van der Waals surface area contributed by atoms with Gasteiger partial charge in [-0.25, -0.2) is 0 Å². The Bertz CT molecular complexity index is 981. The van der Waals surface area contributed by atoms with Crippen molar-refractivity contribution in [2.75, 3.05) is 6.61 Å². The van der Waals surface area contributed by atoms with Crippen molar-refractivity contribution in [2.24, 2.45) is 23.2 Å². The highest BCUT2D eigenvalue weighted by atomic mass is 28.4. The van der Waals surface area contributed by atoms with Gasteiger partial charge in [-0.3, -0.25) is 0 Å². The zero-order valence-corrected chi connectivity index (χ0v) is 22.9. The highest BCUT2D eigenvalue weighted by Crippen LogP contribution is 2.61. The van der Waals surface area contributed by atoms with Crippen LogP contribution in [0.2, 0.25) is 5.04 Å². The molecule has 2 aromatic carbocycles. The zero-order chi connectivity index (χ0) is 24.7. The van der Waals surface area contributed by atoms with Gasteiger partial charge in [0.25, 0.3) is 8.32 Å². The molecule has 4 rings (SSSR count). The molecule has 0 bridgehead atoms. The molecule has 3 heteroatoms. The van der Waals surface area contributed by atoms with Crippen molar-refractivity contribution in [3.63, 3.8) is 0 Å². The van der Waals surface area contributed by atoms with Gasteiger partial charge in [-0.15, -0.1) is 0 Å². The van der Waals surface area contributed by atoms with Crippen LogP contribution in [0.25, 0.3) is 0 Å². The van der Waals surface area contributed by atoms with Crippen LogP contribution in [-0.2, 0) is 9.16 Å². The van der Waals surface area contributed by atoms with Gasteiger partial charge in [-0.05, 0) is 45.7 Å². The molecule has 0 aromatic heterocycles. The topological polar surface area (TPSA) is 18.5 Å². The Morgan fingerprint density at radius 3 is 2.06 bits per heavy atom. The first-order valence-corrected chi connectivity index (χ1v) is 14.7. The summed E-state index contributed by atoms with van der Waals surface area (Å²) in [6.45, 7) is 23.4. The van der Waals surface area contributed by atoms with Crippen LogP contribution >= 0.6 is 0 Å². The van der Waals surface area contributed by atoms with Crippen LogP contribution in [0.3, 0.4) is 0 Å². The molecule has 4 atom stereocenters. The van der Waals surface area contributed by atoms with Crippen molar-refractivity contribution in [1.29, 1.82) is 0 Å². The number of hydrogen-bond acceptors (Lipinski definition) is 2. The second-order valence-electron chi connectivity index (χ2n) is 12.0. The predicted octanol–water partition coefficient (Wildman–Crippen LogP) is 6.72.